The SMILES string of the molecule is Cc1nc2c([nH]1)=CN=CC(C)N=2. The predicted molar refractivity (Wildman–Crippen MR) is 46.5 cm³/mol. The van der Waals surface area contributed by atoms with E-state index in [1.165, 1.54) is 0 Å². The molecule has 2 heterocycles. The Morgan fingerprint density at radius 2 is 2.33 bits per heavy atom. The Bertz CT molecular complexity index is 426. The van der Waals surface area contributed by atoms with Crippen molar-refractivity contribution in [2.45, 2.75) is 19.9 Å². The molecule has 1 atom stereocenters. The highest BCUT2D eigenvalue weighted by molar-refractivity contribution is 5.67. The minimum Gasteiger partial charge on any atom is -0.340 e. The van der Waals surface area contributed by atoms with Crippen molar-refractivity contribution in [3.8, 4) is 0 Å². The Morgan fingerprint density at radius 1 is 1.50 bits per heavy atom. The van der Waals surface area contributed by atoms with Crippen LogP contribution in [0.1, 0.15) is 12.7 Å². The Hall–Kier alpha value is -1.45. The summed E-state index contributed by atoms with van der Waals surface area (Å²) in [6.07, 6.45) is 3.55. The quantitative estimate of drug-likeness (QED) is 0.552. The van der Waals surface area contributed by atoms with Gasteiger partial charge in [0.15, 0.2) is 5.49 Å². The average Bonchev–Trinajstić information content (AvgIpc) is 2.23. The number of imidazole rings is 1. The second-order valence-electron chi connectivity index (χ2n) is 2.86. The lowest BCUT2D eigenvalue weighted by molar-refractivity contribution is 0.920. The summed E-state index contributed by atoms with van der Waals surface area (Å²) in [6.45, 7) is 3.89. The van der Waals surface area contributed by atoms with E-state index in [9.17, 15) is 0 Å². The van der Waals surface area contributed by atoms with E-state index in [2.05, 4.69) is 20.0 Å². The van der Waals surface area contributed by atoms with Crippen molar-refractivity contribution in [2.75, 3.05) is 0 Å². The summed E-state index contributed by atoms with van der Waals surface area (Å²) < 4.78 is 0. The standard InChI is InChI=1S/C8H10N4/c1-5-3-9-4-7-8(10-5)12-6(2)11-7/h3-5H,1-2H3,(H,10,11,12). The molecule has 0 spiro atoms. The summed E-state index contributed by atoms with van der Waals surface area (Å²) in [5, 5.41) is 0.896. The number of nitrogens with one attached hydrogen (secondary N) is 1. The Balaban J connectivity index is 2.74. The van der Waals surface area contributed by atoms with Gasteiger partial charge in [-0.05, 0) is 13.8 Å². The first-order chi connectivity index (χ1) is 5.75. The van der Waals surface area contributed by atoms with Gasteiger partial charge in [0.05, 0.1) is 12.2 Å². The predicted octanol–water partition coefficient (Wildman–Crippen LogP) is -0.451. The number of fused-ring (bicyclic) bond motifs is 1. The molecule has 0 saturated heterocycles. The highest BCUT2D eigenvalue weighted by Gasteiger charge is 1.99. The molecule has 0 bridgehead atoms. The van der Waals surface area contributed by atoms with Crippen molar-refractivity contribution in [3.63, 3.8) is 0 Å². The van der Waals surface area contributed by atoms with Gasteiger partial charge >= 0.3 is 0 Å². The lowest BCUT2D eigenvalue weighted by Gasteiger charge is -1.90. The van der Waals surface area contributed by atoms with Crippen LogP contribution in [0.2, 0.25) is 0 Å². The highest BCUT2D eigenvalue weighted by atomic mass is 15.0. The summed E-state index contributed by atoms with van der Waals surface area (Å²) in [5.41, 5.74) is 0.762. The van der Waals surface area contributed by atoms with Crippen LogP contribution < -0.4 is 10.8 Å². The number of hydrogen-bond acceptors (Lipinski definition) is 3. The largest absolute Gasteiger partial charge is 0.340 e. The van der Waals surface area contributed by atoms with Gasteiger partial charge in [0, 0.05) is 6.21 Å². The van der Waals surface area contributed by atoms with E-state index in [1.54, 1.807) is 12.4 Å². The second-order valence-corrected chi connectivity index (χ2v) is 2.86. The number of aryl methyl sites for hydroxylation is 1. The maximum Gasteiger partial charge on any atom is 0.175 e. The molecule has 1 aliphatic heterocycles. The molecule has 0 saturated carbocycles. The van der Waals surface area contributed by atoms with Crippen LogP contribution in [0.5, 0.6) is 0 Å². The maximum atomic E-state index is 4.34. The molecule has 1 aromatic heterocycles. The summed E-state index contributed by atoms with van der Waals surface area (Å²) in [5.74, 6) is 0.879. The van der Waals surface area contributed by atoms with Gasteiger partial charge < -0.3 is 4.98 Å². The van der Waals surface area contributed by atoms with Crippen LogP contribution in [0.4, 0.5) is 0 Å². The molecule has 62 valence electrons. The van der Waals surface area contributed by atoms with E-state index in [1.807, 2.05) is 13.8 Å². The number of nitrogens with zero attached hydrogens (tertiary/aromatic N) is 3. The minimum atomic E-state index is 0.116. The smallest absolute Gasteiger partial charge is 0.175 e. The Morgan fingerprint density at radius 3 is 3.17 bits per heavy atom. The number of hydrogen-bond donors (Lipinski definition) is 1. The van der Waals surface area contributed by atoms with Gasteiger partial charge in [-0.3, -0.25) is 9.98 Å². The zero-order valence-electron chi connectivity index (χ0n) is 7.07. The molecule has 1 aromatic rings. The van der Waals surface area contributed by atoms with Crippen molar-refractivity contribution >= 4 is 12.4 Å². The fraction of sp³-hybridized carbons (Fsp3) is 0.375. The number of aromatic amines is 1. The maximum absolute atomic E-state index is 4.34. The van der Waals surface area contributed by atoms with Gasteiger partial charge in [0.25, 0.3) is 0 Å². The minimum absolute atomic E-state index is 0.116. The first-order valence-corrected chi connectivity index (χ1v) is 3.89. The lowest BCUT2D eigenvalue weighted by atomic mass is 10.4. The third-order valence-electron chi connectivity index (χ3n) is 1.66. The van der Waals surface area contributed by atoms with Gasteiger partial charge in [0.2, 0.25) is 0 Å². The van der Waals surface area contributed by atoms with Crippen molar-refractivity contribution in [1.82, 2.24) is 9.97 Å². The Kier molecular flexibility index (Phi) is 1.53. The summed E-state index contributed by atoms with van der Waals surface area (Å²) in [7, 11) is 0. The number of rotatable bonds is 0. The average molecular weight is 162 g/mol. The van der Waals surface area contributed by atoms with Crippen molar-refractivity contribution < 1.29 is 0 Å². The molecular weight excluding hydrogens is 152 g/mol. The normalized spacial score (nSPS) is 20.7. The summed E-state index contributed by atoms with van der Waals surface area (Å²) in [4.78, 5) is 15.7. The molecule has 0 aliphatic carbocycles. The van der Waals surface area contributed by atoms with Crippen LogP contribution in [0.25, 0.3) is 6.20 Å². The summed E-state index contributed by atoms with van der Waals surface area (Å²) in [6, 6.07) is 0.116. The van der Waals surface area contributed by atoms with E-state index in [-0.39, 0.29) is 6.04 Å². The van der Waals surface area contributed by atoms with E-state index >= 15 is 0 Å². The van der Waals surface area contributed by atoms with Crippen LogP contribution in [0, 0.1) is 6.92 Å². The molecule has 2 rings (SSSR count). The van der Waals surface area contributed by atoms with Gasteiger partial charge in [-0.2, -0.15) is 0 Å². The molecule has 4 heteroatoms. The second kappa shape index (κ2) is 2.55. The van der Waals surface area contributed by atoms with E-state index in [0.717, 1.165) is 16.7 Å². The van der Waals surface area contributed by atoms with Gasteiger partial charge in [-0.15, -0.1) is 0 Å². The van der Waals surface area contributed by atoms with Crippen molar-refractivity contribution in [3.05, 3.63) is 16.7 Å². The molecule has 1 unspecified atom stereocenters. The van der Waals surface area contributed by atoms with Crippen molar-refractivity contribution in [1.29, 1.82) is 0 Å². The molecule has 0 amide bonds. The highest BCUT2D eigenvalue weighted by Crippen LogP contribution is 1.85. The number of H-pyrrole nitrogens is 1. The van der Waals surface area contributed by atoms with Gasteiger partial charge in [0.1, 0.15) is 11.2 Å². The molecule has 12 heavy (non-hydrogen) atoms. The molecule has 0 fully saturated rings. The molecule has 4 nitrogen and oxygen atoms in total. The molecule has 0 radical (unpaired) electrons. The Labute approximate surface area is 69.8 Å². The van der Waals surface area contributed by atoms with Crippen LogP contribution >= 0.6 is 0 Å². The fourth-order valence-electron chi connectivity index (χ4n) is 1.15. The van der Waals surface area contributed by atoms with E-state index < -0.39 is 0 Å². The fourth-order valence-corrected chi connectivity index (χ4v) is 1.15. The molecule has 1 aliphatic rings. The third-order valence-corrected chi connectivity index (χ3v) is 1.66. The van der Waals surface area contributed by atoms with Crippen LogP contribution in [0.15, 0.2) is 9.98 Å². The lowest BCUT2D eigenvalue weighted by Crippen LogP contribution is -2.25. The topological polar surface area (TPSA) is 53.4 Å². The van der Waals surface area contributed by atoms with Crippen LogP contribution in [-0.4, -0.2) is 22.2 Å². The number of aromatic nitrogens is 2. The zero-order valence-corrected chi connectivity index (χ0v) is 7.07. The first kappa shape index (κ1) is 7.21. The van der Waals surface area contributed by atoms with Crippen LogP contribution in [-0.2, 0) is 0 Å². The first-order valence-electron chi connectivity index (χ1n) is 3.89. The molecule has 1 N–H and O–H groups in total. The zero-order chi connectivity index (χ0) is 8.55. The van der Waals surface area contributed by atoms with Gasteiger partial charge in [-0.25, -0.2) is 4.98 Å². The van der Waals surface area contributed by atoms with Crippen LogP contribution in [0.3, 0.4) is 0 Å². The third kappa shape index (κ3) is 1.15. The van der Waals surface area contributed by atoms with Gasteiger partial charge in [-0.1, -0.05) is 0 Å². The van der Waals surface area contributed by atoms with E-state index in [0.29, 0.717) is 0 Å². The van der Waals surface area contributed by atoms with E-state index in [4.69, 9.17) is 0 Å². The number of aliphatic imine (C=N–C) groups is 1. The molecule has 0 aromatic carbocycles. The monoisotopic (exact) mass is 162 g/mol. The molecular formula is C8H10N4. The van der Waals surface area contributed by atoms with Crippen molar-refractivity contribution in [2.24, 2.45) is 9.98 Å². The summed E-state index contributed by atoms with van der Waals surface area (Å²) >= 11 is 0.